The molecule has 0 spiro atoms. The average Bonchev–Trinajstić information content (AvgIpc) is 3.09. The van der Waals surface area contributed by atoms with Crippen molar-refractivity contribution >= 4 is 11.0 Å². The molecule has 0 aliphatic carbocycles. The molecule has 5 heteroatoms. The van der Waals surface area contributed by atoms with Crippen LogP contribution in [0.1, 0.15) is 17.4 Å². The molecule has 1 aromatic carbocycles. The number of aliphatic hydroxyl groups excluding tert-OH is 1. The lowest BCUT2D eigenvalue weighted by Crippen LogP contribution is -2.20. The van der Waals surface area contributed by atoms with E-state index in [-0.39, 0.29) is 0 Å². The molecule has 1 atom stereocenters. The molecule has 3 aromatic rings. The van der Waals surface area contributed by atoms with Crippen LogP contribution in [0.3, 0.4) is 0 Å². The Balaban J connectivity index is 1.64. The fourth-order valence-corrected chi connectivity index (χ4v) is 2.22. The quantitative estimate of drug-likeness (QED) is 0.745. The number of nitrogens with zero attached hydrogens (tertiary/aromatic N) is 2. The molecular formula is C15H17N3O2. The minimum Gasteiger partial charge on any atom is -0.468 e. The zero-order valence-corrected chi connectivity index (χ0v) is 11.3. The van der Waals surface area contributed by atoms with Crippen LogP contribution in [0.4, 0.5) is 0 Å². The van der Waals surface area contributed by atoms with Crippen LogP contribution in [0.15, 0.2) is 47.3 Å². The fraction of sp³-hybridized carbons (Fsp3) is 0.267. The van der Waals surface area contributed by atoms with Gasteiger partial charge in [0.2, 0.25) is 0 Å². The van der Waals surface area contributed by atoms with E-state index in [0.717, 1.165) is 22.4 Å². The van der Waals surface area contributed by atoms with Crippen LogP contribution in [-0.4, -0.2) is 21.2 Å². The van der Waals surface area contributed by atoms with E-state index in [0.29, 0.717) is 13.1 Å². The number of benzene rings is 1. The molecule has 2 N–H and O–H groups in total. The first-order valence-electron chi connectivity index (χ1n) is 6.56. The minimum absolute atomic E-state index is 0.471. The molecule has 0 saturated heterocycles. The summed E-state index contributed by atoms with van der Waals surface area (Å²) in [4.78, 5) is 4.30. The van der Waals surface area contributed by atoms with E-state index in [1.54, 1.807) is 12.6 Å². The second-order valence-corrected chi connectivity index (χ2v) is 4.83. The normalized spacial score (nSPS) is 12.9. The standard InChI is InChI=1S/C15H17N3O2/c1-18-10-17-13-7-11(4-5-14(13)18)15(19)9-16-8-12-3-2-6-20-12/h2-7,10,15-16,19H,8-9H2,1H3. The van der Waals surface area contributed by atoms with Crippen molar-refractivity contribution < 1.29 is 9.52 Å². The van der Waals surface area contributed by atoms with Crippen molar-refractivity contribution in [2.75, 3.05) is 6.54 Å². The van der Waals surface area contributed by atoms with Crippen molar-refractivity contribution in [2.24, 2.45) is 7.05 Å². The Hall–Kier alpha value is -2.11. The molecule has 2 heterocycles. The first-order valence-corrected chi connectivity index (χ1v) is 6.56. The molecule has 3 rings (SSSR count). The Morgan fingerprint density at radius 2 is 2.30 bits per heavy atom. The summed E-state index contributed by atoms with van der Waals surface area (Å²) in [5.74, 6) is 0.859. The number of imidazole rings is 1. The summed E-state index contributed by atoms with van der Waals surface area (Å²) in [6.07, 6.45) is 2.86. The number of rotatable bonds is 5. The molecule has 1 unspecified atom stereocenters. The third-order valence-corrected chi connectivity index (χ3v) is 3.35. The van der Waals surface area contributed by atoms with Crippen LogP contribution >= 0.6 is 0 Å². The number of aliphatic hydroxyl groups is 1. The van der Waals surface area contributed by atoms with Gasteiger partial charge in [-0.3, -0.25) is 0 Å². The van der Waals surface area contributed by atoms with E-state index in [1.165, 1.54) is 0 Å². The number of nitrogens with one attached hydrogen (secondary N) is 1. The van der Waals surface area contributed by atoms with Crippen molar-refractivity contribution in [3.63, 3.8) is 0 Å². The SMILES string of the molecule is Cn1cnc2cc(C(O)CNCc3ccco3)ccc21. The van der Waals surface area contributed by atoms with E-state index in [4.69, 9.17) is 4.42 Å². The second kappa shape index (κ2) is 5.48. The van der Waals surface area contributed by atoms with E-state index >= 15 is 0 Å². The predicted octanol–water partition coefficient (Wildman–Crippen LogP) is 1.99. The van der Waals surface area contributed by atoms with Gasteiger partial charge in [0, 0.05) is 13.6 Å². The van der Waals surface area contributed by atoms with E-state index in [9.17, 15) is 5.11 Å². The second-order valence-electron chi connectivity index (χ2n) is 4.83. The lowest BCUT2D eigenvalue weighted by Gasteiger charge is -2.11. The third-order valence-electron chi connectivity index (χ3n) is 3.35. The molecule has 0 fully saturated rings. The predicted molar refractivity (Wildman–Crippen MR) is 76.1 cm³/mol. The first kappa shape index (κ1) is 12.9. The van der Waals surface area contributed by atoms with Crippen molar-refractivity contribution in [3.8, 4) is 0 Å². The maximum Gasteiger partial charge on any atom is 0.117 e. The number of aryl methyl sites for hydroxylation is 1. The van der Waals surface area contributed by atoms with E-state index < -0.39 is 6.10 Å². The van der Waals surface area contributed by atoms with E-state index in [1.807, 2.05) is 41.9 Å². The van der Waals surface area contributed by atoms with Gasteiger partial charge in [0.25, 0.3) is 0 Å². The highest BCUT2D eigenvalue weighted by Gasteiger charge is 2.09. The van der Waals surface area contributed by atoms with Crippen LogP contribution in [0, 0.1) is 0 Å². The van der Waals surface area contributed by atoms with Gasteiger partial charge >= 0.3 is 0 Å². The molecule has 0 saturated carbocycles. The van der Waals surface area contributed by atoms with Gasteiger partial charge in [-0.1, -0.05) is 6.07 Å². The van der Waals surface area contributed by atoms with Crippen molar-refractivity contribution in [2.45, 2.75) is 12.6 Å². The Kier molecular flexibility index (Phi) is 3.54. The summed E-state index contributed by atoms with van der Waals surface area (Å²) in [5, 5.41) is 13.4. The molecule has 0 aliphatic rings. The Morgan fingerprint density at radius 1 is 1.40 bits per heavy atom. The molecule has 0 amide bonds. The average molecular weight is 271 g/mol. The largest absolute Gasteiger partial charge is 0.468 e. The zero-order chi connectivity index (χ0) is 13.9. The highest BCUT2D eigenvalue weighted by molar-refractivity contribution is 5.76. The van der Waals surface area contributed by atoms with Gasteiger partial charge < -0.3 is 19.4 Å². The van der Waals surface area contributed by atoms with Crippen LogP contribution in [0.2, 0.25) is 0 Å². The summed E-state index contributed by atoms with van der Waals surface area (Å²) in [6.45, 7) is 1.08. The van der Waals surface area contributed by atoms with Gasteiger partial charge in [0.1, 0.15) is 5.76 Å². The molecule has 5 nitrogen and oxygen atoms in total. The lowest BCUT2D eigenvalue weighted by atomic mass is 10.1. The molecule has 2 aromatic heterocycles. The van der Waals surface area contributed by atoms with Gasteiger partial charge in [-0.05, 0) is 29.8 Å². The van der Waals surface area contributed by atoms with Crippen LogP contribution in [0.5, 0.6) is 0 Å². The van der Waals surface area contributed by atoms with Gasteiger partial charge in [-0.25, -0.2) is 4.98 Å². The Morgan fingerprint density at radius 3 is 3.10 bits per heavy atom. The highest BCUT2D eigenvalue weighted by Crippen LogP contribution is 2.19. The third kappa shape index (κ3) is 2.59. The summed E-state index contributed by atoms with van der Waals surface area (Å²) >= 11 is 0. The van der Waals surface area contributed by atoms with E-state index in [2.05, 4.69) is 10.3 Å². The number of hydrogen-bond acceptors (Lipinski definition) is 4. The van der Waals surface area contributed by atoms with Gasteiger partial charge in [-0.15, -0.1) is 0 Å². The number of furan rings is 1. The Labute approximate surface area is 116 Å². The molecule has 0 aliphatic heterocycles. The van der Waals surface area contributed by atoms with Crippen molar-refractivity contribution in [1.82, 2.24) is 14.9 Å². The fourth-order valence-electron chi connectivity index (χ4n) is 2.22. The number of aromatic nitrogens is 2. The van der Waals surface area contributed by atoms with Gasteiger partial charge in [0.15, 0.2) is 0 Å². The van der Waals surface area contributed by atoms with Crippen LogP contribution in [0.25, 0.3) is 11.0 Å². The lowest BCUT2D eigenvalue weighted by molar-refractivity contribution is 0.173. The zero-order valence-electron chi connectivity index (χ0n) is 11.3. The van der Waals surface area contributed by atoms with Crippen molar-refractivity contribution in [3.05, 3.63) is 54.2 Å². The molecule has 104 valence electrons. The summed E-state index contributed by atoms with van der Waals surface area (Å²) in [6, 6.07) is 9.59. The molecular weight excluding hydrogens is 254 g/mol. The Bertz CT molecular complexity index is 688. The summed E-state index contributed by atoms with van der Waals surface area (Å²) in [7, 11) is 1.95. The molecule has 20 heavy (non-hydrogen) atoms. The number of hydrogen-bond donors (Lipinski definition) is 2. The smallest absolute Gasteiger partial charge is 0.117 e. The summed E-state index contributed by atoms with van der Waals surface area (Å²) < 4.78 is 7.18. The topological polar surface area (TPSA) is 63.2 Å². The maximum atomic E-state index is 10.2. The van der Waals surface area contributed by atoms with Crippen LogP contribution in [-0.2, 0) is 13.6 Å². The number of fused-ring (bicyclic) bond motifs is 1. The van der Waals surface area contributed by atoms with Gasteiger partial charge in [-0.2, -0.15) is 0 Å². The highest BCUT2D eigenvalue weighted by atomic mass is 16.3. The maximum absolute atomic E-state index is 10.2. The molecule has 0 radical (unpaired) electrons. The molecule has 0 bridgehead atoms. The summed E-state index contributed by atoms with van der Waals surface area (Å²) in [5.41, 5.74) is 2.82. The monoisotopic (exact) mass is 271 g/mol. The minimum atomic E-state index is -0.559. The van der Waals surface area contributed by atoms with Gasteiger partial charge in [0.05, 0.1) is 36.3 Å². The first-order chi connectivity index (χ1) is 9.74. The van der Waals surface area contributed by atoms with Crippen LogP contribution < -0.4 is 5.32 Å². The van der Waals surface area contributed by atoms with Crippen molar-refractivity contribution in [1.29, 1.82) is 0 Å².